The van der Waals surface area contributed by atoms with Crippen molar-refractivity contribution in [2.75, 3.05) is 26.6 Å². The molecule has 0 aliphatic heterocycles. The summed E-state index contributed by atoms with van der Waals surface area (Å²) in [7, 11) is 0. The summed E-state index contributed by atoms with van der Waals surface area (Å²) in [5.41, 5.74) is 5.31. The van der Waals surface area contributed by atoms with Crippen LogP contribution in [0.5, 0.6) is 0 Å². The molecule has 0 saturated heterocycles. The Labute approximate surface area is 67.7 Å². The summed E-state index contributed by atoms with van der Waals surface area (Å²) in [5, 5.41) is 11.3. The van der Waals surface area contributed by atoms with Crippen molar-refractivity contribution in [3.63, 3.8) is 0 Å². The van der Waals surface area contributed by atoms with Crippen LogP contribution < -0.4 is 11.1 Å². The number of aliphatic hydroxyl groups excluding tert-OH is 1. The first-order valence-corrected chi connectivity index (χ1v) is 4.01. The molecule has 0 atom stereocenters. The third kappa shape index (κ3) is 9.84. The molecule has 0 aromatic heterocycles. The topological polar surface area (TPSA) is 67.5 Å². The Bertz CT molecular complexity index is 63.5. The molecule has 0 amide bonds. The van der Waals surface area contributed by atoms with Gasteiger partial charge >= 0.3 is 0 Å². The average molecular weight is 162 g/mol. The Kier molecular flexibility index (Phi) is 9.70. The van der Waals surface area contributed by atoms with Gasteiger partial charge in [-0.3, -0.25) is 5.32 Å². The first-order valence-electron chi connectivity index (χ1n) is 4.01. The summed E-state index contributed by atoms with van der Waals surface area (Å²) in [6.07, 6.45) is 3.36. The summed E-state index contributed by atoms with van der Waals surface area (Å²) in [5.74, 6) is 0. The summed E-state index contributed by atoms with van der Waals surface area (Å²) in [6, 6.07) is 0. The molecule has 11 heavy (non-hydrogen) atoms. The summed E-state index contributed by atoms with van der Waals surface area (Å²) in [6.45, 7) is 1.92. The molecule has 4 nitrogen and oxygen atoms in total. The molecule has 0 spiro atoms. The van der Waals surface area contributed by atoms with Crippen molar-refractivity contribution in [2.24, 2.45) is 5.73 Å². The maximum Gasteiger partial charge on any atom is 0.145 e. The zero-order valence-electron chi connectivity index (χ0n) is 6.88. The quantitative estimate of drug-likeness (QED) is 0.336. The lowest BCUT2D eigenvalue weighted by molar-refractivity contribution is -0.00975. The van der Waals surface area contributed by atoms with Gasteiger partial charge in [0, 0.05) is 0 Å². The fourth-order valence-corrected chi connectivity index (χ4v) is 0.761. The predicted octanol–water partition coefficient (Wildman–Crippen LogP) is -0.371. The van der Waals surface area contributed by atoms with E-state index in [0.29, 0.717) is 6.73 Å². The van der Waals surface area contributed by atoms with Gasteiger partial charge in [-0.25, -0.2) is 0 Å². The number of rotatable bonds is 8. The van der Waals surface area contributed by atoms with Crippen LogP contribution in [0.2, 0.25) is 0 Å². The highest BCUT2D eigenvalue weighted by molar-refractivity contribution is 4.44. The predicted molar refractivity (Wildman–Crippen MR) is 43.9 cm³/mol. The van der Waals surface area contributed by atoms with E-state index in [4.69, 9.17) is 10.8 Å². The van der Waals surface area contributed by atoms with Crippen molar-refractivity contribution in [1.29, 1.82) is 0 Å². The van der Waals surface area contributed by atoms with Gasteiger partial charge in [-0.05, 0) is 25.9 Å². The molecular weight excluding hydrogens is 144 g/mol. The third-order valence-corrected chi connectivity index (χ3v) is 1.35. The van der Waals surface area contributed by atoms with Crippen molar-refractivity contribution in [1.82, 2.24) is 5.32 Å². The van der Waals surface area contributed by atoms with Gasteiger partial charge < -0.3 is 15.6 Å². The SMILES string of the molecule is NCCCCCNCOCO. The zero-order chi connectivity index (χ0) is 8.36. The van der Waals surface area contributed by atoms with Gasteiger partial charge in [0.15, 0.2) is 0 Å². The highest BCUT2D eigenvalue weighted by Gasteiger charge is 1.87. The molecule has 4 N–H and O–H groups in total. The number of nitrogens with one attached hydrogen (secondary N) is 1. The van der Waals surface area contributed by atoms with Crippen molar-refractivity contribution in [3.05, 3.63) is 0 Å². The van der Waals surface area contributed by atoms with E-state index in [-0.39, 0.29) is 6.79 Å². The Morgan fingerprint density at radius 1 is 1.27 bits per heavy atom. The molecule has 0 radical (unpaired) electrons. The van der Waals surface area contributed by atoms with Crippen LogP contribution >= 0.6 is 0 Å². The second kappa shape index (κ2) is 9.84. The number of nitrogens with two attached hydrogens (primary N) is 1. The van der Waals surface area contributed by atoms with E-state index in [9.17, 15) is 0 Å². The fraction of sp³-hybridized carbons (Fsp3) is 1.00. The Balaban J connectivity index is 2.69. The maximum atomic E-state index is 8.23. The van der Waals surface area contributed by atoms with Crippen LogP contribution in [-0.2, 0) is 4.74 Å². The molecule has 0 aromatic carbocycles. The molecule has 0 bridgehead atoms. The normalized spacial score (nSPS) is 10.4. The molecule has 0 heterocycles. The second-order valence-corrected chi connectivity index (χ2v) is 2.33. The molecular formula is C7H18N2O2. The molecule has 0 aliphatic rings. The maximum absolute atomic E-state index is 8.23. The first kappa shape index (κ1) is 10.8. The standard InChI is InChI=1S/C7H18N2O2/c8-4-2-1-3-5-9-6-11-7-10/h9-10H,1-8H2. The smallest absolute Gasteiger partial charge is 0.145 e. The Morgan fingerprint density at radius 2 is 2.09 bits per heavy atom. The van der Waals surface area contributed by atoms with E-state index in [1.54, 1.807) is 0 Å². The van der Waals surface area contributed by atoms with Crippen LogP contribution in [0.3, 0.4) is 0 Å². The lowest BCUT2D eigenvalue weighted by Gasteiger charge is -2.02. The van der Waals surface area contributed by atoms with E-state index in [1.807, 2.05) is 0 Å². The third-order valence-electron chi connectivity index (χ3n) is 1.35. The van der Waals surface area contributed by atoms with Gasteiger partial charge in [0.2, 0.25) is 0 Å². The molecule has 0 unspecified atom stereocenters. The summed E-state index contributed by atoms with van der Waals surface area (Å²) in [4.78, 5) is 0. The number of hydrogen-bond acceptors (Lipinski definition) is 4. The number of ether oxygens (including phenoxy) is 1. The molecule has 0 saturated carbocycles. The Morgan fingerprint density at radius 3 is 2.73 bits per heavy atom. The number of hydrogen-bond donors (Lipinski definition) is 3. The molecule has 0 aromatic rings. The minimum absolute atomic E-state index is 0.212. The second-order valence-electron chi connectivity index (χ2n) is 2.33. The Hall–Kier alpha value is -0.160. The number of unbranched alkanes of at least 4 members (excludes halogenated alkanes) is 2. The largest absolute Gasteiger partial charge is 0.371 e. The molecule has 0 rings (SSSR count). The molecule has 68 valence electrons. The van der Waals surface area contributed by atoms with Crippen molar-refractivity contribution in [2.45, 2.75) is 19.3 Å². The van der Waals surface area contributed by atoms with E-state index in [2.05, 4.69) is 10.1 Å². The molecule has 0 aliphatic carbocycles. The fourth-order valence-electron chi connectivity index (χ4n) is 0.761. The van der Waals surface area contributed by atoms with Gasteiger partial charge in [0.05, 0.1) is 6.73 Å². The van der Waals surface area contributed by atoms with Gasteiger partial charge in [0.1, 0.15) is 6.79 Å². The van der Waals surface area contributed by atoms with Crippen molar-refractivity contribution < 1.29 is 9.84 Å². The van der Waals surface area contributed by atoms with Crippen LogP contribution in [0.25, 0.3) is 0 Å². The van der Waals surface area contributed by atoms with Gasteiger partial charge in [-0.1, -0.05) is 6.42 Å². The van der Waals surface area contributed by atoms with Crippen LogP contribution in [-0.4, -0.2) is 31.7 Å². The lowest BCUT2D eigenvalue weighted by atomic mass is 10.2. The van der Waals surface area contributed by atoms with Crippen LogP contribution in [0, 0.1) is 0 Å². The van der Waals surface area contributed by atoms with Crippen LogP contribution in [0.4, 0.5) is 0 Å². The first-order chi connectivity index (χ1) is 5.41. The minimum Gasteiger partial charge on any atom is -0.371 e. The van der Waals surface area contributed by atoms with E-state index >= 15 is 0 Å². The molecule has 0 fully saturated rings. The summed E-state index contributed by atoms with van der Waals surface area (Å²) < 4.78 is 4.66. The summed E-state index contributed by atoms with van der Waals surface area (Å²) >= 11 is 0. The zero-order valence-corrected chi connectivity index (χ0v) is 6.88. The average Bonchev–Trinajstić information content (AvgIpc) is 2.03. The van der Waals surface area contributed by atoms with Gasteiger partial charge in [-0.2, -0.15) is 0 Å². The highest BCUT2D eigenvalue weighted by atomic mass is 16.6. The van der Waals surface area contributed by atoms with Crippen molar-refractivity contribution >= 4 is 0 Å². The van der Waals surface area contributed by atoms with Crippen molar-refractivity contribution in [3.8, 4) is 0 Å². The highest BCUT2D eigenvalue weighted by Crippen LogP contribution is 1.90. The molecule has 4 heteroatoms. The van der Waals surface area contributed by atoms with Crippen LogP contribution in [0.1, 0.15) is 19.3 Å². The number of aliphatic hydroxyl groups is 1. The van der Waals surface area contributed by atoms with E-state index < -0.39 is 0 Å². The lowest BCUT2D eigenvalue weighted by Crippen LogP contribution is -2.19. The monoisotopic (exact) mass is 162 g/mol. The van der Waals surface area contributed by atoms with E-state index in [1.165, 1.54) is 0 Å². The van der Waals surface area contributed by atoms with Gasteiger partial charge in [0.25, 0.3) is 0 Å². The van der Waals surface area contributed by atoms with Gasteiger partial charge in [-0.15, -0.1) is 0 Å². The van der Waals surface area contributed by atoms with E-state index in [0.717, 1.165) is 32.4 Å². The van der Waals surface area contributed by atoms with Crippen LogP contribution in [0.15, 0.2) is 0 Å². The minimum atomic E-state index is -0.212.